The second-order valence-corrected chi connectivity index (χ2v) is 10.8. The fourth-order valence-corrected chi connectivity index (χ4v) is 8.31. The van der Waals surface area contributed by atoms with E-state index < -0.39 is 40.1 Å². The Balaban J connectivity index is 1.83. The number of carbonyl (C=O) groups excluding carboxylic acids is 4. The van der Waals surface area contributed by atoms with Crippen LogP contribution in [0.15, 0.2) is 0 Å². The molecule has 0 heterocycles. The Morgan fingerprint density at radius 2 is 1.10 bits per heavy atom. The highest BCUT2D eigenvalue weighted by Gasteiger charge is 2.92. The van der Waals surface area contributed by atoms with E-state index in [1.54, 1.807) is 0 Å². The minimum atomic E-state index is -1.39. The third-order valence-corrected chi connectivity index (χ3v) is 9.67. The van der Waals surface area contributed by atoms with Crippen LogP contribution in [-0.2, 0) is 38.1 Å². The molecular formula is C23H32O8. The van der Waals surface area contributed by atoms with Crippen molar-refractivity contribution in [2.45, 2.75) is 46.5 Å². The number of esters is 4. The average molecular weight is 437 g/mol. The summed E-state index contributed by atoms with van der Waals surface area (Å²) in [6.45, 7) is 6.34. The van der Waals surface area contributed by atoms with Gasteiger partial charge in [-0.15, -0.1) is 0 Å². The summed E-state index contributed by atoms with van der Waals surface area (Å²) >= 11 is 0. The van der Waals surface area contributed by atoms with Crippen LogP contribution >= 0.6 is 0 Å². The average Bonchev–Trinajstić information content (AvgIpc) is 3.37. The second-order valence-electron chi connectivity index (χ2n) is 10.8. The molecule has 0 aromatic heterocycles. The molecule has 4 rings (SSSR count). The number of carbonyl (C=O) groups is 4. The van der Waals surface area contributed by atoms with Gasteiger partial charge in [-0.1, -0.05) is 20.8 Å². The van der Waals surface area contributed by atoms with E-state index in [-0.39, 0.29) is 35.0 Å². The highest BCUT2D eigenvalue weighted by Crippen LogP contribution is 2.94. The summed E-state index contributed by atoms with van der Waals surface area (Å²) in [6, 6.07) is 0. The van der Waals surface area contributed by atoms with Crippen LogP contribution < -0.4 is 0 Å². The number of fused-ring (bicyclic) bond motifs is 2. The van der Waals surface area contributed by atoms with Gasteiger partial charge in [-0.2, -0.15) is 0 Å². The van der Waals surface area contributed by atoms with Crippen LogP contribution in [0.3, 0.4) is 0 Å². The first-order valence-electron chi connectivity index (χ1n) is 10.7. The first-order valence-corrected chi connectivity index (χ1v) is 10.7. The third kappa shape index (κ3) is 2.26. The van der Waals surface area contributed by atoms with Crippen LogP contribution in [-0.4, -0.2) is 52.3 Å². The van der Waals surface area contributed by atoms with Crippen molar-refractivity contribution in [2.24, 2.45) is 44.8 Å². The molecule has 4 aliphatic carbocycles. The van der Waals surface area contributed by atoms with Crippen molar-refractivity contribution in [1.29, 1.82) is 0 Å². The summed E-state index contributed by atoms with van der Waals surface area (Å²) in [5.41, 5.74) is -3.64. The normalized spacial score (nSPS) is 39.5. The molecule has 172 valence electrons. The molecule has 4 fully saturated rings. The summed E-state index contributed by atoms with van der Waals surface area (Å²) in [4.78, 5) is 51.6. The monoisotopic (exact) mass is 436 g/mol. The Kier molecular flexibility index (Phi) is 4.44. The van der Waals surface area contributed by atoms with Crippen LogP contribution in [0.1, 0.15) is 46.5 Å². The summed E-state index contributed by atoms with van der Waals surface area (Å²) in [5.74, 6) is -2.07. The summed E-state index contributed by atoms with van der Waals surface area (Å²) in [6.07, 6.45) is 1.23. The van der Waals surface area contributed by atoms with E-state index in [0.29, 0.717) is 19.3 Å². The molecule has 0 aliphatic heterocycles. The van der Waals surface area contributed by atoms with Gasteiger partial charge >= 0.3 is 23.9 Å². The molecule has 0 saturated heterocycles. The molecule has 4 aliphatic rings. The van der Waals surface area contributed by atoms with E-state index in [2.05, 4.69) is 20.8 Å². The van der Waals surface area contributed by atoms with E-state index in [1.165, 1.54) is 28.4 Å². The van der Waals surface area contributed by atoms with E-state index in [4.69, 9.17) is 18.9 Å². The zero-order valence-electron chi connectivity index (χ0n) is 19.3. The van der Waals surface area contributed by atoms with Gasteiger partial charge in [0.25, 0.3) is 0 Å². The van der Waals surface area contributed by atoms with Crippen molar-refractivity contribution in [1.82, 2.24) is 0 Å². The molecule has 0 N–H and O–H groups in total. The molecular weight excluding hydrogens is 404 g/mol. The van der Waals surface area contributed by atoms with Crippen LogP contribution in [0.5, 0.6) is 0 Å². The summed E-state index contributed by atoms with van der Waals surface area (Å²) in [7, 11) is 5.15. The second kappa shape index (κ2) is 6.23. The molecule has 1 spiro atoms. The predicted octanol–water partition coefficient (Wildman–Crippen LogP) is 2.13. The SMILES string of the molecule is COC(=O)C1(C(=O)OC)C[C@@H]2C3(C1)[C@H]1[C@@H](CC(C(=O)OC)(C(=O)OC)C[C@@]23C)C1(C)C. The van der Waals surface area contributed by atoms with Gasteiger partial charge < -0.3 is 18.9 Å². The number of hydrogen-bond donors (Lipinski definition) is 0. The van der Waals surface area contributed by atoms with E-state index in [1.807, 2.05) is 0 Å². The highest BCUT2D eigenvalue weighted by molar-refractivity contribution is 6.02. The minimum absolute atomic E-state index is 0.0125. The van der Waals surface area contributed by atoms with Gasteiger partial charge in [0.05, 0.1) is 28.4 Å². The van der Waals surface area contributed by atoms with Crippen LogP contribution in [0, 0.1) is 44.8 Å². The van der Waals surface area contributed by atoms with Gasteiger partial charge in [0.1, 0.15) is 0 Å². The zero-order chi connectivity index (χ0) is 23.2. The fraction of sp³-hybridized carbons (Fsp3) is 0.826. The van der Waals surface area contributed by atoms with Crippen molar-refractivity contribution in [3.05, 3.63) is 0 Å². The van der Waals surface area contributed by atoms with Gasteiger partial charge in [-0.05, 0) is 59.7 Å². The van der Waals surface area contributed by atoms with Gasteiger partial charge in [0.15, 0.2) is 10.8 Å². The molecule has 5 atom stereocenters. The third-order valence-electron chi connectivity index (χ3n) is 9.67. The Hall–Kier alpha value is -2.12. The Bertz CT molecular complexity index is 843. The molecule has 0 amide bonds. The maximum atomic E-state index is 13.0. The lowest BCUT2D eigenvalue weighted by molar-refractivity contribution is -0.175. The van der Waals surface area contributed by atoms with Crippen molar-refractivity contribution in [3.8, 4) is 0 Å². The highest BCUT2D eigenvalue weighted by atomic mass is 16.6. The fourth-order valence-electron chi connectivity index (χ4n) is 8.31. The molecule has 0 aromatic carbocycles. The molecule has 8 heteroatoms. The first-order chi connectivity index (χ1) is 14.4. The lowest BCUT2D eigenvalue weighted by Gasteiger charge is -2.36. The summed E-state index contributed by atoms with van der Waals surface area (Å²) < 4.78 is 20.3. The van der Waals surface area contributed by atoms with Gasteiger partial charge in [-0.25, -0.2) is 0 Å². The van der Waals surface area contributed by atoms with Gasteiger partial charge in [0, 0.05) is 0 Å². The number of ether oxygens (including phenoxy) is 4. The lowest BCUT2D eigenvalue weighted by Crippen LogP contribution is -2.46. The zero-order valence-corrected chi connectivity index (χ0v) is 19.3. The molecule has 31 heavy (non-hydrogen) atoms. The van der Waals surface area contributed by atoms with Crippen molar-refractivity contribution in [2.75, 3.05) is 28.4 Å². The topological polar surface area (TPSA) is 105 Å². The van der Waals surface area contributed by atoms with E-state index in [9.17, 15) is 19.2 Å². The Morgan fingerprint density at radius 3 is 1.52 bits per heavy atom. The molecule has 0 bridgehead atoms. The quantitative estimate of drug-likeness (QED) is 0.375. The molecule has 4 saturated carbocycles. The van der Waals surface area contributed by atoms with Crippen LogP contribution in [0.4, 0.5) is 0 Å². The van der Waals surface area contributed by atoms with Crippen LogP contribution in [0.2, 0.25) is 0 Å². The number of rotatable bonds is 4. The molecule has 0 radical (unpaired) electrons. The van der Waals surface area contributed by atoms with E-state index >= 15 is 0 Å². The lowest BCUT2D eigenvalue weighted by atomic mass is 9.67. The molecule has 8 nitrogen and oxygen atoms in total. The van der Waals surface area contributed by atoms with Crippen molar-refractivity contribution in [3.63, 3.8) is 0 Å². The maximum absolute atomic E-state index is 13.0. The first kappa shape index (κ1) is 22.1. The standard InChI is InChI=1S/C23H32O8/c1-19(2)12-8-21(15(24)28-4,16(25)29-5)10-20(3)13-9-22(17(26)30-6,18(27)31-7)11-23(13,20)14(12)19/h12-14H,8-11H2,1-7H3/t12-,13+,14+,20+,23?/m1/s1. The van der Waals surface area contributed by atoms with E-state index in [0.717, 1.165) is 0 Å². The number of hydrogen-bond acceptors (Lipinski definition) is 8. The smallest absolute Gasteiger partial charge is 0.323 e. The van der Waals surface area contributed by atoms with Crippen LogP contribution in [0.25, 0.3) is 0 Å². The largest absolute Gasteiger partial charge is 0.468 e. The van der Waals surface area contributed by atoms with Gasteiger partial charge in [0.2, 0.25) is 0 Å². The Morgan fingerprint density at radius 1 is 0.677 bits per heavy atom. The summed E-state index contributed by atoms with van der Waals surface area (Å²) in [5, 5.41) is 0. The maximum Gasteiger partial charge on any atom is 0.323 e. The van der Waals surface area contributed by atoms with Crippen molar-refractivity contribution >= 4 is 23.9 Å². The van der Waals surface area contributed by atoms with Crippen molar-refractivity contribution < 1.29 is 38.1 Å². The minimum Gasteiger partial charge on any atom is -0.468 e. The van der Waals surface area contributed by atoms with Gasteiger partial charge in [-0.3, -0.25) is 19.2 Å². The number of methoxy groups -OCH3 is 4. The predicted molar refractivity (Wildman–Crippen MR) is 106 cm³/mol. The molecule has 1 unspecified atom stereocenters. The molecule has 0 aromatic rings. The Labute approximate surface area is 182 Å².